The Morgan fingerprint density at radius 2 is 1.82 bits per heavy atom. The lowest BCUT2D eigenvalue weighted by atomic mass is 9.90. The molecule has 1 aliphatic carbocycles. The van der Waals surface area contributed by atoms with E-state index in [1.165, 1.54) is 4.90 Å². The summed E-state index contributed by atoms with van der Waals surface area (Å²) < 4.78 is 7.83. The van der Waals surface area contributed by atoms with E-state index < -0.39 is 12.1 Å². The van der Waals surface area contributed by atoms with E-state index in [4.69, 9.17) is 4.74 Å². The summed E-state index contributed by atoms with van der Waals surface area (Å²) in [4.78, 5) is 28.1. The molecule has 8 heteroatoms. The second-order valence-corrected chi connectivity index (χ2v) is 12.2. The van der Waals surface area contributed by atoms with Crippen LogP contribution in [-0.4, -0.2) is 38.7 Å². The summed E-state index contributed by atoms with van der Waals surface area (Å²) in [5.41, 5.74) is 4.02. The first-order chi connectivity index (χ1) is 19.0. The fourth-order valence-corrected chi connectivity index (χ4v) is 4.92. The number of hydrogen-bond acceptors (Lipinski definition) is 5. The molecule has 2 aromatic carbocycles. The summed E-state index contributed by atoms with van der Waals surface area (Å²) in [5, 5.41) is 12.2. The SMILES string of the molecule is Cc1ccc(NC(=O)C[C@@H](c2nnc(CCCC(C)(C)C)n2C2CC2)N(C)C(=O)OCc2ccccc2)c(C)c1. The standard InChI is InChI=1S/C32H43N5O3/c1-22-14-17-26(23(2)19-22)33-29(38)20-27(36(6)31(39)40-21-24-11-8-7-9-12-24)30-35-34-28(37(30)25-15-16-25)13-10-18-32(3,4)5/h7-9,11-12,14,17,19,25,27H,10,13,15-16,18,20-21H2,1-6H3,(H,33,38)/t27-/m0/s1. The third-order valence-corrected chi connectivity index (χ3v) is 7.33. The zero-order valence-corrected chi connectivity index (χ0v) is 24.7. The average molecular weight is 546 g/mol. The van der Waals surface area contributed by atoms with E-state index in [0.717, 1.165) is 60.3 Å². The lowest BCUT2D eigenvalue weighted by Crippen LogP contribution is -2.36. The maximum absolute atomic E-state index is 13.4. The molecule has 8 nitrogen and oxygen atoms in total. The van der Waals surface area contributed by atoms with Gasteiger partial charge in [-0.15, -0.1) is 10.2 Å². The third-order valence-electron chi connectivity index (χ3n) is 7.33. The van der Waals surface area contributed by atoms with Gasteiger partial charge in [-0.1, -0.05) is 68.8 Å². The second-order valence-electron chi connectivity index (χ2n) is 12.2. The highest BCUT2D eigenvalue weighted by Crippen LogP contribution is 2.39. The molecule has 0 spiro atoms. The number of rotatable bonds is 11. The summed E-state index contributed by atoms with van der Waals surface area (Å²) in [5.74, 6) is 1.37. The second kappa shape index (κ2) is 12.7. The van der Waals surface area contributed by atoms with Crippen molar-refractivity contribution >= 4 is 17.7 Å². The van der Waals surface area contributed by atoms with Crippen LogP contribution in [0.1, 0.15) is 93.3 Å². The normalized spacial score (nSPS) is 14.1. The van der Waals surface area contributed by atoms with E-state index in [9.17, 15) is 9.59 Å². The summed E-state index contributed by atoms with van der Waals surface area (Å²) in [6.07, 6.45) is 4.51. The molecule has 0 radical (unpaired) electrons. The molecule has 2 amide bonds. The molecule has 1 aromatic heterocycles. The molecule has 40 heavy (non-hydrogen) atoms. The molecule has 214 valence electrons. The van der Waals surface area contributed by atoms with Crippen LogP contribution in [0, 0.1) is 19.3 Å². The number of nitrogens with one attached hydrogen (secondary N) is 1. The van der Waals surface area contributed by atoms with Crippen molar-refractivity contribution in [3.63, 3.8) is 0 Å². The molecule has 0 bridgehead atoms. The Morgan fingerprint density at radius 1 is 1.10 bits per heavy atom. The topological polar surface area (TPSA) is 89.4 Å². The van der Waals surface area contributed by atoms with Crippen molar-refractivity contribution in [2.24, 2.45) is 5.41 Å². The quantitative estimate of drug-likeness (QED) is 0.282. The molecular weight excluding hydrogens is 502 g/mol. The Morgan fingerprint density at radius 3 is 2.48 bits per heavy atom. The number of aromatic nitrogens is 3. The molecule has 0 saturated heterocycles. The lowest BCUT2D eigenvalue weighted by molar-refractivity contribution is -0.117. The van der Waals surface area contributed by atoms with Crippen molar-refractivity contribution < 1.29 is 14.3 Å². The minimum Gasteiger partial charge on any atom is -0.445 e. The Balaban J connectivity index is 1.57. The van der Waals surface area contributed by atoms with Crippen LogP contribution >= 0.6 is 0 Å². The largest absolute Gasteiger partial charge is 0.445 e. The molecular formula is C32H43N5O3. The molecule has 1 aliphatic rings. The van der Waals surface area contributed by atoms with Gasteiger partial charge in [0.25, 0.3) is 0 Å². The van der Waals surface area contributed by atoms with E-state index in [2.05, 4.69) is 40.9 Å². The average Bonchev–Trinajstić information content (AvgIpc) is 3.66. The molecule has 1 fully saturated rings. The molecule has 0 aliphatic heterocycles. The van der Waals surface area contributed by atoms with Gasteiger partial charge in [-0.05, 0) is 62.1 Å². The highest BCUT2D eigenvalue weighted by molar-refractivity contribution is 5.92. The molecule has 1 saturated carbocycles. The van der Waals surface area contributed by atoms with Gasteiger partial charge in [0.1, 0.15) is 18.5 Å². The highest BCUT2D eigenvalue weighted by atomic mass is 16.6. The smallest absolute Gasteiger partial charge is 0.410 e. The first kappa shape index (κ1) is 29.3. The van der Waals surface area contributed by atoms with Crippen LogP contribution in [0.5, 0.6) is 0 Å². The number of carbonyl (C=O) groups is 2. The number of ether oxygens (including phenoxy) is 1. The molecule has 4 rings (SSSR count). The lowest BCUT2D eigenvalue weighted by Gasteiger charge is -2.27. The first-order valence-electron chi connectivity index (χ1n) is 14.3. The molecule has 1 N–H and O–H groups in total. The summed E-state index contributed by atoms with van der Waals surface area (Å²) in [7, 11) is 1.67. The predicted octanol–water partition coefficient (Wildman–Crippen LogP) is 6.94. The van der Waals surface area contributed by atoms with Gasteiger partial charge < -0.3 is 19.5 Å². The first-order valence-corrected chi connectivity index (χ1v) is 14.3. The van der Waals surface area contributed by atoms with Crippen molar-refractivity contribution in [1.29, 1.82) is 0 Å². The van der Waals surface area contributed by atoms with E-state index in [-0.39, 0.29) is 24.3 Å². The van der Waals surface area contributed by atoms with Crippen LogP contribution < -0.4 is 5.32 Å². The summed E-state index contributed by atoms with van der Waals surface area (Å²) >= 11 is 0. The van der Waals surface area contributed by atoms with Crippen molar-refractivity contribution in [2.45, 2.75) is 91.8 Å². The number of benzene rings is 2. The Labute approximate surface area is 238 Å². The zero-order chi connectivity index (χ0) is 28.9. The number of carbonyl (C=O) groups excluding carboxylic acids is 2. The minimum absolute atomic E-state index is 0.0388. The molecule has 3 aromatic rings. The van der Waals surface area contributed by atoms with Gasteiger partial charge in [-0.2, -0.15) is 0 Å². The van der Waals surface area contributed by atoms with Crippen LogP contribution in [-0.2, 0) is 22.6 Å². The van der Waals surface area contributed by atoms with Crippen LogP contribution in [0.4, 0.5) is 10.5 Å². The van der Waals surface area contributed by atoms with Crippen LogP contribution in [0.3, 0.4) is 0 Å². The monoisotopic (exact) mass is 545 g/mol. The van der Waals surface area contributed by atoms with Gasteiger partial charge in [-0.25, -0.2) is 4.79 Å². The van der Waals surface area contributed by atoms with Crippen molar-refractivity contribution in [3.05, 3.63) is 76.9 Å². The maximum atomic E-state index is 13.4. The van der Waals surface area contributed by atoms with Gasteiger partial charge in [-0.3, -0.25) is 4.79 Å². The Kier molecular flexibility index (Phi) is 9.28. The van der Waals surface area contributed by atoms with E-state index >= 15 is 0 Å². The fourth-order valence-electron chi connectivity index (χ4n) is 4.92. The molecule has 1 atom stereocenters. The molecule has 1 heterocycles. The van der Waals surface area contributed by atoms with Crippen LogP contribution in [0.15, 0.2) is 48.5 Å². The zero-order valence-electron chi connectivity index (χ0n) is 24.7. The number of aryl methyl sites for hydroxylation is 3. The van der Waals surface area contributed by atoms with E-state index in [1.807, 2.05) is 62.4 Å². The van der Waals surface area contributed by atoms with Crippen LogP contribution in [0.2, 0.25) is 0 Å². The number of hydrogen-bond donors (Lipinski definition) is 1. The molecule has 0 unspecified atom stereocenters. The van der Waals surface area contributed by atoms with Gasteiger partial charge in [0.2, 0.25) is 5.91 Å². The summed E-state index contributed by atoms with van der Waals surface area (Å²) in [6.45, 7) is 10.9. The number of anilines is 1. The van der Waals surface area contributed by atoms with Gasteiger partial charge in [0.05, 0.1) is 6.42 Å². The Bertz CT molecular complexity index is 1310. The van der Waals surface area contributed by atoms with Crippen molar-refractivity contribution in [3.8, 4) is 0 Å². The third kappa shape index (κ3) is 7.93. The summed E-state index contributed by atoms with van der Waals surface area (Å²) in [6, 6.07) is 15.2. The van der Waals surface area contributed by atoms with Gasteiger partial charge in [0, 0.05) is 25.2 Å². The Hall–Kier alpha value is -3.68. The van der Waals surface area contributed by atoms with E-state index in [1.54, 1.807) is 7.05 Å². The minimum atomic E-state index is -0.626. The number of amides is 2. The predicted molar refractivity (Wildman–Crippen MR) is 157 cm³/mol. The van der Waals surface area contributed by atoms with Crippen LogP contribution in [0.25, 0.3) is 0 Å². The highest BCUT2D eigenvalue weighted by Gasteiger charge is 2.36. The fraction of sp³-hybridized carbons (Fsp3) is 0.500. The maximum Gasteiger partial charge on any atom is 0.410 e. The van der Waals surface area contributed by atoms with Gasteiger partial charge in [0.15, 0.2) is 5.82 Å². The number of nitrogens with zero attached hydrogens (tertiary/aromatic N) is 4. The van der Waals surface area contributed by atoms with Crippen molar-refractivity contribution in [1.82, 2.24) is 19.7 Å². The van der Waals surface area contributed by atoms with Gasteiger partial charge >= 0.3 is 6.09 Å². The van der Waals surface area contributed by atoms with Crippen molar-refractivity contribution in [2.75, 3.05) is 12.4 Å². The van der Waals surface area contributed by atoms with E-state index in [0.29, 0.717) is 11.9 Å².